The number of halogens is 1. The van der Waals surface area contributed by atoms with Crippen molar-refractivity contribution in [3.05, 3.63) is 27.8 Å². The van der Waals surface area contributed by atoms with Gasteiger partial charge in [0.2, 0.25) is 5.91 Å². The van der Waals surface area contributed by atoms with Crippen molar-refractivity contribution < 1.29 is 4.79 Å². The van der Waals surface area contributed by atoms with Crippen molar-refractivity contribution >= 4 is 34.2 Å². The number of hydrogen-bond donors (Lipinski definition) is 2. The minimum atomic E-state index is -0.155. The monoisotopic (exact) mass is 332 g/mol. The molecule has 1 atom stereocenters. The summed E-state index contributed by atoms with van der Waals surface area (Å²) >= 11 is 2.23. The molecular weight excluding hydrogens is 315 g/mol. The zero-order valence-electron chi connectivity index (χ0n) is 9.59. The topological polar surface area (TPSA) is 41.1 Å². The molecule has 1 amide bonds. The van der Waals surface area contributed by atoms with Crippen molar-refractivity contribution in [2.45, 2.75) is 26.3 Å². The third-order valence-electron chi connectivity index (χ3n) is 2.19. The first-order valence-corrected chi connectivity index (χ1v) is 6.51. The lowest BCUT2D eigenvalue weighted by atomic mass is 10.2. The molecule has 0 aliphatic heterocycles. The van der Waals surface area contributed by atoms with Gasteiger partial charge in [0.1, 0.15) is 0 Å². The third kappa shape index (κ3) is 4.49. The second kappa shape index (κ2) is 6.85. The van der Waals surface area contributed by atoms with Gasteiger partial charge in [0.05, 0.1) is 6.04 Å². The van der Waals surface area contributed by atoms with E-state index in [2.05, 4.69) is 40.1 Å². The standard InChI is InChI=1S/C12H17IN2O/c1-3-7-14-9(2)12(16)15-11-6-4-5-10(13)8-11/h4-6,8-9,14H,3,7H2,1-2H3,(H,15,16). The summed E-state index contributed by atoms with van der Waals surface area (Å²) in [5.74, 6) is 0.00968. The van der Waals surface area contributed by atoms with Crippen LogP contribution in [0.5, 0.6) is 0 Å². The fourth-order valence-corrected chi connectivity index (χ4v) is 1.81. The highest BCUT2D eigenvalue weighted by atomic mass is 127. The predicted octanol–water partition coefficient (Wildman–Crippen LogP) is 2.62. The Morgan fingerprint density at radius 3 is 2.88 bits per heavy atom. The Labute approximate surface area is 110 Å². The lowest BCUT2D eigenvalue weighted by Crippen LogP contribution is -2.38. The molecule has 88 valence electrons. The minimum Gasteiger partial charge on any atom is -0.325 e. The summed E-state index contributed by atoms with van der Waals surface area (Å²) < 4.78 is 1.12. The van der Waals surface area contributed by atoms with Gasteiger partial charge < -0.3 is 10.6 Å². The number of rotatable bonds is 5. The number of carbonyl (C=O) groups excluding carboxylic acids is 1. The van der Waals surface area contributed by atoms with Crippen molar-refractivity contribution in [1.82, 2.24) is 5.32 Å². The van der Waals surface area contributed by atoms with Crippen molar-refractivity contribution in [3.63, 3.8) is 0 Å². The van der Waals surface area contributed by atoms with Crippen LogP contribution in [0.15, 0.2) is 24.3 Å². The highest BCUT2D eigenvalue weighted by Gasteiger charge is 2.11. The average molecular weight is 332 g/mol. The van der Waals surface area contributed by atoms with E-state index in [9.17, 15) is 4.79 Å². The normalized spacial score (nSPS) is 12.2. The van der Waals surface area contributed by atoms with E-state index in [0.717, 1.165) is 22.2 Å². The van der Waals surface area contributed by atoms with E-state index in [1.165, 1.54) is 0 Å². The van der Waals surface area contributed by atoms with Crippen molar-refractivity contribution in [2.75, 3.05) is 11.9 Å². The molecule has 0 aliphatic rings. The lowest BCUT2D eigenvalue weighted by Gasteiger charge is -2.13. The van der Waals surface area contributed by atoms with Gasteiger partial charge >= 0.3 is 0 Å². The van der Waals surface area contributed by atoms with Crippen LogP contribution in [0.2, 0.25) is 0 Å². The lowest BCUT2D eigenvalue weighted by molar-refractivity contribution is -0.117. The van der Waals surface area contributed by atoms with Crippen LogP contribution in [-0.2, 0) is 4.79 Å². The molecule has 0 aromatic heterocycles. The molecule has 0 radical (unpaired) electrons. The van der Waals surface area contributed by atoms with Crippen molar-refractivity contribution in [1.29, 1.82) is 0 Å². The summed E-state index contributed by atoms with van der Waals surface area (Å²) in [7, 11) is 0. The summed E-state index contributed by atoms with van der Waals surface area (Å²) in [5.41, 5.74) is 0.849. The van der Waals surface area contributed by atoms with Crippen LogP contribution in [-0.4, -0.2) is 18.5 Å². The Morgan fingerprint density at radius 1 is 1.50 bits per heavy atom. The maximum atomic E-state index is 11.8. The maximum absolute atomic E-state index is 11.8. The molecule has 0 saturated carbocycles. The van der Waals surface area contributed by atoms with Gasteiger partial charge in [-0.15, -0.1) is 0 Å². The first-order valence-electron chi connectivity index (χ1n) is 5.43. The van der Waals surface area contributed by atoms with Gasteiger partial charge in [-0.1, -0.05) is 13.0 Å². The minimum absolute atomic E-state index is 0.00968. The predicted molar refractivity (Wildman–Crippen MR) is 75.5 cm³/mol. The second-order valence-electron chi connectivity index (χ2n) is 3.68. The molecule has 0 fully saturated rings. The summed E-state index contributed by atoms with van der Waals surface area (Å²) in [4.78, 5) is 11.8. The highest BCUT2D eigenvalue weighted by Crippen LogP contribution is 2.12. The van der Waals surface area contributed by atoms with Crippen LogP contribution < -0.4 is 10.6 Å². The first kappa shape index (κ1) is 13.4. The van der Waals surface area contributed by atoms with E-state index in [1.54, 1.807) is 0 Å². The Hall–Kier alpha value is -0.620. The van der Waals surface area contributed by atoms with Crippen LogP contribution >= 0.6 is 22.6 Å². The smallest absolute Gasteiger partial charge is 0.241 e. The average Bonchev–Trinajstić information content (AvgIpc) is 2.25. The zero-order valence-corrected chi connectivity index (χ0v) is 11.7. The fraction of sp³-hybridized carbons (Fsp3) is 0.417. The van der Waals surface area contributed by atoms with E-state index in [0.29, 0.717) is 0 Å². The molecule has 0 aliphatic carbocycles. The molecule has 0 spiro atoms. The van der Waals surface area contributed by atoms with Crippen molar-refractivity contribution in [3.8, 4) is 0 Å². The van der Waals surface area contributed by atoms with E-state index in [1.807, 2.05) is 31.2 Å². The van der Waals surface area contributed by atoms with Crippen LogP contribution in [0, 0.1) is 3.57 Å². The van der Waals surface area contributed by atoms with Gasteiger partial charge in [-0.2, -0.15) is 0 Å². The van der Waals surface area contributed by atoms with Gasteiger partial charge in [0.15, 0.2) is 0 Å². The largest absolute Gasteiger partial charge is 0.325 e. The summed E-state index contributed by atoms with van der Waals surface area (Å²) in [6.45, 7) is 4.82. The number of hydrogen-bond acceptors (Lipinski definition) is 2. The quantitative estimate of drug-likeness (QED) is 0.814. The summed E-state index contributed by atoms with van der Waals surface area (Å²) in [6, 6.07) is 7.62. The van der Waals surface area contributed by atoms with E-state index in [4.69, 9.17) is 0 Å². The third-order valence-corrected chi connectivity index (χ3v) is 2.86. The van der Waals surface area contributed by atoms with Crippen LogP contribution in [0.3, 0.4) is 0 Å². The Kier molecular flexibility index (Phi) is 5.76. The molecule has 1 aromatic rings. The summed E-state index contributed by atoms with van der Waals surface area (Å²) in [6.07, 6.45) is 1.03. The second-order valence-corrected chi connectivity index (χ2v) is 4.92. The van der Waals surface area contributed by atoms with E-state index < -0.39 is 0 Å². The van der Waals surface area contributed by atoms with Crippen LogP contribution in [0.25, 0.3) is 0 Å². The molecule has 0 saturated heterocycles. The van der Waals surface area contributed by atoms with Gasteiger partial charge in [0.25, 0.3) is 0 Å². The maximum Gasteiger partial charge on any atom is 0.241 e. The number of amides is 1. The van der Waals surface area contributed by atoms with E-state index >= 15 is 0 Å². The Balaban J connectivity index is 2.50. The molecule has 0 heterocycles. The van der Waals surface area contributed by atoms with Gasteiger partial charge in [0, 0.05) is 9.26 Å². The van der Waals surface area contributed by atoms with Crippen LogP contribution in [0.4, 0.5) is 5.69 Å². The molecule has 1 rings (SSSR count). The molecule has 3 nitrogen and oxygen atoms in total. The van der Waals surface area contributed by atoms with E-state index in [-0.39, 0.29) is 11.9 Å². The molecule has 2 N–H and O–H groups in total. The SMILES string of the molecule is CCCNC(C)C(=O)Nc1cccc(I)c1. The zero-order chi connectivity index (χ0) is 12.0. The molecule has 4 heteroatoms. The van der Waals surface area contributed by atoms with Gasteiger partial charge in [-0.3, -0.25) is 4.79 Å². The van der Waals surface area contributed by atoms with Gasteiger partial charge in [-0.05, 0) is 60.7 Å². The fourth-order valence-electron chi connectivity index (χ4n) is 1.27. The molecular formula is C12H17IN2O. The Morgan fingerprint density at radius 2 is 2.25 bits per heavy atom. The number of anilines is 1. The molecule has 1 aromatic carbocycles. The highest BCUT2D eigenvalue weighted by molar-refractivity contribution is 14.1. The number of nitrogens with one attached hydrogen (secondary N) is 2. The number of carbonyl (C=O) groups is 1. The first-order chi connectivity index (χ1) is 7.63. The molecule has 16 heavy (non-hydrogen) atoms. The molecule has 1 unspecified atom stereocenters. The number of benzene rings is 1. The van der Waals surface area contributed by atoms with Gasteiger partial charge in [-0.25, -0.2) is 0 Å². The van der Waals surface area contributed by atoms with Crippen molar-refractivity contribution in [2.24, 2.45) is 0 Å². The van der Waals surface area contributed by atoms with Crippen LogP contribution in [0.1, 0.15) is 20.3 Å². The molecule has 0 bridgehead atoms. The Bertz CT molecular complexity index is 355. The summed E-state index contributed by atoms with van der Waals surface area (Å²) in [5, 5.41) is 6.04.